The van der Waals surface area contributed by atoms with Gasteiger partial charge in [0.25, 0.3) is 0 Å². The molecule has 0 aliphatic carbocycles. The summed E-state index contributed by atoms with van der Waals surface area (Å²) in [5, 5.41) is 19.1. The molecule has 0 saturated carbocycles. The summed E-state index contributed by atoms with van der Waals surface area (Å²) in [6.07, 6.45) is 1.85. The molecule has 96 valence electrons. The zero-order valence-electron chi connectivity index (χ0n) is 11.0. The Labute approximate surface area is 113 Å². The van der Waals surface area contributed by atoms with E-state index in [1.54, 1.807) is 6.08 Å². The van der Waals surface area contributed by atoms with Crippen LogP contribution in [0.15, 0.2) is 36.9 Å². The van der Waals surface area contributed by atoms with Gasteiger partial charge < -0.3 is 4.74 Å². The van der Waals surface area contributed by atoms with Gasteiger partial charge in [0, 0.05) is 12.5 Å². The van der Waals surface area contributed by atoms with Crippen molar-refractivity contribution < 1.29 is 4.74 Å². The van der Waals surface area contributed by atoms with Crippen LogP contribution in [0.4, 0.5) is 0 Å². The van der Waals surface area contributed by atoms with Crippen molar-refractivity contribution in [1.29, 1.82) is 10.5 Å². The van der Waals surface area contributed by atoms with Crippen molar-refractivity contribution in [1.82, 2.24) is 0 Å². The fourth-order valence-electron chi connectivity index (χ4n) is 2.58. The number of nitrogens with zero attached hydrogens (tertiary/aromatic N) is 2. The van der Waals surface area contributed by atoms with Crippen LogP contribution in [-0.4, -0.2) is 6.61 Å². The maximum atomic E-state index is 9.53. The topological polar surface area (TPSA) is 56.8 Å². The van der Waals surface area contributed by atoms with E-state index in [2.05, 4.69) is 18.7 Å². The fraction of sp³-hybridized carbons (Fsp3) is 0.375. The van der Waals surface area contributed by atoms with Crippen LogP contribution < -0.4 is 0 Å². The number of benzene rings is 1. The SMILES string of the molecule is C=C[C@H]1CCO[C@H](c2ccc(C)cc2)C1(C#N)C#N. The molecule has 3 nitrogen and oxygen atoms in total. The van der Waals surface area contributed by atoms with Crippen LogP contribution >= 0.6 is 0 Å². The first-order valence-electron chi connectivity index (χ1n) is 6.31. The number of allylic oxidation sites excluding steroid dienone is 1. The average molecular weight is 252 g/mol. The van der Waals surface area contributed by atoms with Crippen molar-refractivity contribution in [2.24, 2.45) is 11.3 Å². The van der Waals surface area contributed by atoms with Gasteiger partial charge in [-0.25, -0.2) is 0 Å². The van der Waals surface area contributed by atoms with Gasteiger partial charge in [0.05, 0.1) is 12.1 Å². The van der Waals surface area contributed by atoms with Gasteiger partial charge in [-0.1, -0.05) is 35.9 Å². The molecule has 1 aliphatic rings. The van der Waals surface area contributed by atoms with E-state index in [1.807, 2.05) is 31.2 Å². The molecule has 2 rings (SSSR count). The minimum atomic E-state index is -1.19. The third kappa shape index (κ3) is 2.14. The van der Waals surface area contributed by atoms with E-state index < -0.39 is 11.5 Å². The highest BCUT2D eigenvalue weighted by Crippen LogP contribution is 2.47. The minimum absolute atomic E-state index is 0.164. The monoisotopic (exact) mass is 252 g/mol. The first-order chi connectivity index (χ1) is 9.17. The molecular formula is C16H16N2O. The van der Waals surface area contributed by atoms with Crippen LogP contribution in [0, 0.1) is 40.9 Å². The maximum absolute atomic E-state index is 9.53. The fourth-order valence-corrected chi connectivity index (χ4v) is 2.58. The molecule has 0 amide bonds. The van der Waals surface area contributed by atoms with Crippen molar-refractivity contribution in [3.8, 4) is 12.1 Å². The third-order valence-corrected chi connectivity index (χ3v) is 3.75. The van der Waals surface area contributed by atoms with Gasteiger partial charge in [-0.3, -0.25) is 0 Å². The Bertz CT molecular complexity index is 534. The lowest BCUT2D eigenvalue weighted by Crippen LogP contribution is -2.39. The summed E-state index contributed by atoms with van der Waals surface area (Å²) >= 11 is 0. The molecule has 0 bridgehead atoms. The molecule has 3 heteroatoms. The van der Waals surface area contributed by atoms with Gasteiger partial charge in [-0.15, -0.1) is 6.58 Å². The van der Waals surface area contributed by atoms with Crippen LogP contribution in [-0.2, 0) is 4.74 Å². The lowest BCUT2D eigenvalue weighted by atomic mass is 9.68. The van der Waals surface area contributed by atoms with Crippen molar-refractivity contribution >= 4 is 0 Å². The van der Waals surface area contributed by atoms with Crippen LogP contribution in [0.25, 0.3) is 0 Å². The lowest BCUT2D eigenvalue weighted by molar-refractivity contribution is -0.0577. The third-order valence-electron chi connectivity index (χ3n) is 3.75. The van der Waals surface area contributed by atoms with Crippen molar-refractivity contribution in [2.75, 3.05) is 6.61 Å². The summed E-state index contributed by atoms with van der Waals surface area (Å²) in [7, 11) is 0. The summed E-state index contributed by atoms with van der Waals surface area (Å²) < 4.78 is 5.74. The number of nitriles is 2. The van der Waals surface area contributed by atoms with Crippen LogP contribution in [0.1, 0.15) is 23.7 Å². The molecule has 0 radical (unpaired) electrons. The smallest absolute Gasteiger partial charge is 0.180 e. The molecule has 1 saturated heterocycles. The first-order valence-corrected chi connectivity index (χ1v) is 6.31. The molecule has 1 fully saturated rings. The van der Waals surface area contributed by atoms with Crippen LogP contribution in [0.3, 0.4) is 0 Å². The van der Waals surface area contributed by atoms with Gasteiger partial charge in [-0.2, -0.15) is 10.5 Å². The number of hydrogen-bond donors (Lipinski definition) is 0. The molecular weight excluding hydrogens is 236 g/mol. The zero-order chi connectivity index (χ0) is 13.9. The predicted octanol–water partition coefficient (Wildman–Crippen LogP) is 3.29. The van der Waals surface area contributed by atoms with E-state index in [4.69, 9.17) is 4.74 Å². The molecule has 1 aromatic rings. The molecule has 1 aliphatic heterocycles. The highest BCUT2D eigenvalue weighted by molar-refractivity contribution is 5.33. The number of hydrogen-bond acceptors (Lipinski definition) is 3. The maximum Gasteiger partial charge on any atom is 0.180 e. The van der Waals surface area contributed by atoms with Gasteiger partial charge in [0.15, 0.2) is 5.41 Å². The normalized spacial score (nSPS) is 25.0. The van der Waals surface area contributed by atoms with E-state index in [0.717, 1.165) is 11.1 Å². The van der Waals surface area contributed by atoms with Crippen molar-refractivity contribution in [2.45, 2.75) is 19.4 Å². The molecule has 2 atom stereocenters. The van der Waals surface area contributed by atoms with E-state index in [9.17, 15) is 10.5 Å². The first kappa shape index (κ1) is 13.3. The highest BCUT2D eigenvalue weighted by atomic mass is 16.5. The highest BCUT2D eigenvalue weighted by Gasteiger charge is 2.49. The lowest BCUT2D eigenvalue weighted by Gasteiger charge is -2.39. The standard InChI is InChI=1S/C16H16N2O/c1-3-14-8-9-19-15(16(14,10-17)11-18)13-6-4-12(2)5-7-13/h3-7,14-15H,1,8-9H2,2H3/t14-,15+/m0/s1. The zero-order valence-corrected chi connectivity index (χ0v) is 11.0. The number of ether oxygens (including phenoxy) is 1. The Hall–Kier alpha value is -2.10. The van der Waals surface area contributed by atoms with Gasteiger partial charge in [0.1, 0.15) is 6.10 Å². The van der Waals surface area contributed by atoms with Crippen LogP contribution in [0.2, 0.25) is 0 Å². The predicted molar refractivity (Wildman–Crippen MR) is 71.8 cm³/mol. The van der Waals surface area contributed by atoms with E-state index >= 15 is 0 Å². The van der Waals surface area contributed by atoms with Gasteiger partial charge >= 0.3 is 0 Å². The Morgan fingerprint density at radius 1 is 1.32 bits per heavy atom. The second kappa shape index (κ2) is 5.26. The average Bonchev–Trinajstić information content (AvgIpc) is 2.47. The second-order valence-corrected chi connectivity index (χ2v) is 4.89. The van der Waals surface area contributed by atoms with Gasteiger partial charge in [0.2, 0.25) is 0 Å². The summed E-state index contributed by atoms with van der Waals surface area (Å²) in [4.78, 5) is 0. The van der Waals surface area contributed by atoms with E-state index in [1.165, 1.54) is 0 Å². The molecule has 1 heterocycles. The summed E-state index contributed by atoms with van der Waals surface area (Å²) in [5.41, 5.74) is 0.828. The Morgan fingerprint density at radius 2 is 1.95 bits per heavy atom. The minimum Gasteiger partial charge on any atom is -0.371 e. The molecule has 0 spiro atoms. The van der Waals surface area contributed by atoms with Crippen molar-refractivity contribution in [3.05, 3.63) is 48.0 Å². The largest absolute Gasteiger partial charge is 0.371 e. The molecule has 1 aromatic carbocycles. The summed E-state index contributed by atoms with van der Waals surface area (Å²) in [5.74, 6) is -0.164. The number of aryl methyl sites for hydroxylation is 1. The second-order valence-electron chi connectivity index (χ2n) is 4.89. The van der Waals surface area contributed by atoms with Crippen molar-refractivity contribution in [3.63, 3.8) is 0 Å². The molecule has 0 N–H and O–H groups in total. The van der Waals surface area contributed by atoms with E-state index in [-0.39, 0.29) is 5.92 Å². The van der Waals surface area contributed by atoms with Crippen LogP contribution in [0.5, 0.6) is 0 Å². The Balaban J connectivity index is 2.48. The number of rotatable bonds is 2. The Kier molecular flexibility index (Phi) is 3.69. The molecule has 0 unspecified atom stereocenters. The summed E-state index contributed by atoms with van der Waals surface area (Å²) in [6, 6.07) is 12.1. The summed E-state index contributed by atoms with van der Waals surface area (Å²) in [6.45, 7) is 6.30. The van der Waals surface area contributed by atoms with Gasteiger partial charge in [-0.05, 0) is 18.9 Å². The molecule has 0 aromatic heterocycles. The Morgan fingerprint density at radius 3 is 2.47 bits per heavy atom. The van der Waals surface area contributed by atoms with E-state index in [0.29, 0.717) is 13.0 Å². The quantitative estimate of drug-likeness (QED) is 0.759. The molecule has 19 heavy (non-hydrogen) atoms.